The fourth-order valence-electron chi connectivity index (χ4n) is 4.24. The van der Waals surface area contributed by atoms with E-state index in [1.54, 1.807) is 30.5 Å². The summed E-state index contributed by atoms with van der Waals surface area (Å²) in [6.07, 6.45) is 2.83. The number of halogens is 1. The number of amides is 1. The van der Waals surface area contributed by atoms with Gasteiger partial charge in [0, 0.05) is 28.4 Å². The molecule has 0 aromatic heterocycles. The van der Waals surface area contributed by atoms with Crippen molar-refractivity contribution in [1.29, 1.82) is 0 Å². The van der Waals surface area contributed by atoms with Crippen LogP contribution in [0, 0.1) is 6.92 Å². The molecule has 4 nitrogen and oxygen atoms in total. The molecule has 0 fully saturated rings. The summed E-state index contributed by atoms with van der Waals surface area (Å²) in [5, 5.41) is 4.70. The molecule has 0 spiro atoms. The maximum absolute atomic E-state index is 12.2. The predicted molar refractivity (Wildman–Crippen MR) is 118 cm³/mol. The maximum Gasteiger partial charge on any atom is 0.271 e. The van der Waals surface area contributed by atoms with Crippen LogP contribution < -0.4 is 10.3 Å². The van der Waals surface area contributed by atoms with Gasteiger partial charge < -0.3 is 4.90 Å². The smallest absolute Gasteiger partial charge is 0.271 e. The molecule has 148 valence electrons. The van der Waals surface area contributed by atoms with E-state index in [0.717, 1.165) is 24.1 Å². The van der Waals surface area contributed by atoms with Gasteiger partial charge >= 0.3 is 0 Å². The molecule has 1 amide bonds. The van der Waals surface area contributed by atoms with Gasteiger partial charge in [-0.2, -0.15) is 5.10 Å². The van der Waals surface area contributed by atoms with E-state index >= 15 is 0 Å². The topological polar surface area (TPSA) is 44.7 Å². The van der Waals surface area contributed by atoms with E-state index in [0.29, 0.717) is 16.5 Å². The van der Waals surface area contributed by atoms with E-state index in [9.17, 15) is 4.79 Å². The molecule has 1 heterocycles. The number of hydrogen-bond donors (Lipinski definition) is 1. The number of anilines is 1. The van der Waals surface area contributed by atoms with Gasteiger partial charge in [-0.25, -0.2) is 5.43 Å². The molecule has 0 bridgehead atoms. The molecular weight excluding hydrogens is 370 g/mol. The van der Waals surface area contributed by atoms with Gasteiger partial charge in [0.1, 0.15) is 0 Å². The molecule has 1 atom stereocenters. The highest BCUT2D eigenvalue weighted by molar-refractivity contribution is 6.30. The number of carbonyl (C=O) groups is 1. The number of aryl methyl sites for hydroxylation is 1. The summed E-state index contributed by atoms with van der Waals surface area (Å²) in [6.45, 7) is 12.2. The third kappa shape index (κ3) is 4.07. The van der Waals surface area contributed by atoms with Gasteiger partial charge in [0.05, 0.1) is 6.21 Å². The Balaban J connectivity index is 1.83. The summed E-state index contributed by atoms with van der Waals surface area (Å²) >= 11 is 5.94. The van der Waals surface area contributed by atoms with Crippen molar-refractivity contribution in [2.45, 2.75) is 52.5 Å². The number of rotatable bonds is 4. The molecule has 2 aromatic carbocycles. The Morgan fingerprint density at radius 3 is 2.79 bits per heavy atom. The van der Waals surface area contributed by atoms with Crippen molar-refractivity contribution in [1.82, 2.24) is 5.43 Å². The molecule has 0 unspecified atom stereocenters. The Labute approximate surface area is 172 Å². The number of nitrogens with one attached hydrogen (secondary N) is 1. The minimum absolute atomic E-state index is 0.147. The quantitative estimate of drug-likeness (QED) is 0.545. The first-order chi connectivity index (χ1) is 13.2. The van der Waals surface area contributed by atoms with Crippen molar-refractivity contribution in [3.8, 4) is 0 Å². The second-order valence-electron chi connectivity index (χ2n) is 8.14. The zero-order chi connectivity index (χ0) is 20.5. The van der Waals surface area contributed by atoms with E-state index < -0.39 is 0 Å². The van der Waals surface area contributed by atoms with E-state index in [1.165, 1.54) is 11.3 Å². The highest BCUT2D eigenvalue weighted by Crippen LogP contribution is 2.43. The van der Waals surface area contributed by atoms with E-state index in [1.807, 2.05) is 0 Å². The second-order valence-corrected chi connectivity index (χ2v) is 8.58. The molecular formula is C23H28ClN3O. The highest BCUT2D eigenvalue weighted by atomic mass is 35.5. The number of carbonyl (C=O) groups excluding carboxylic acids is 1. The Morgan fingerprint density at radius 1 is 1.36 bits per heavy atom. The summed E-state index contributed by atoms with van der Waals surface area (Å²) in [7, 11) is 0. The molecule has 1 aliphatic heterocycles. The largest absolute Gasteiger partial charge is 0.366 e. The number of benzene rings is 2. The van der Waals surface area contributed by atoms with Gasteiger partial charge in [0.2, 0.25) is 0 Å². The number of hydrogen-bond acceptors (Lipinski definition) is 3. The maximum atomic E-state index is 12.2. The first-order valence-corrected chi connectivity index (χ1v) is 10.1. The van der Waals surface area contributed by atoms with Gasteiger partial charge in [-0.3, -0.25) is 4.79 Å². The third-order valence-corrected chi connectivity index (χ3v) is 5.78. The van der Waals surface area contributed by atoms with Crippen LogP contribution in [-0.4, -0.2) is 24.2 Å². The molecule has 0 saturated carbocycles. The standard InChI is InChI=1S/C23H28ClN3O/c1-6-27-21-10-15(2)18(12-20(21)16(3)13-23(27,4)5)14-25-26-22(28)17-8-7-9-19(24)11-17/h7-12,14,16H,6,13H2,1-5H3,(H,26,28)/b25-14-/t16-/m1/s1. The number of nitrogens with zero attached hydrogens (tertiary/aromatic N) is 2. The van der Waals surface area contributed by atoms with E-state index in [-0.39, 0.29) is 11.4 Å². The van der Waals surface area contributed by atoms with Crippen LogP contribution in [0.5, 0.6) is 0 Å². The lowest BCUT2D eigenvalue weighted by Gasteiger charge is -2.47. The van der Waals surface area contributed by atoms with Gasteiger partial charge in [-0.1, -0.05) is 24.6 Å². The summed E-state index contributed by atoms with van der Waals surface area (Å²) in [6, 6.07) is 11.3. The van der Waals surface area contributed by atoms with Crippen LogP contribution in [0.1, 0.15) is 67.1 Å². The lowest BCUT2D eigenvalue weighted by atomic mass is 9.79. The SMILES string of the molecule is CCN1c2cc(C)c(/C=N\NC(=O)c3cccc(Cl)c3)cc2[C@H](C)CC1(C)C. The lowest BCUT2D eigenvalue weighted by Crippen LogP contribution is -2.48. The van der Waals surface area contributed by atoms with Crippen molar-refractivity contribution in [3.63, 3.8) is 0 Å². The van der Waals surface area contributed by atoms with E-state index in [4.69, 9.17) is 11.6 Å². The summed E-state index contributed by atoms with van der Waals surface area (Å²) in [5.74, 6) is 0.197. The zero-order valence-electron chi connectivity index (χ0n) is 17.2. The fourth-order valence-corrected chi connectivity index (χ4v) is 4.43. The van der Waals surface area contributed by atoms with Gasteiger partial charge in [-0.05, 0) is 87.1 Å². The predicted octanol–water partition coefficient (Wildman–Crippen LogP) is 5.52. The van der Waals surface area contributed by atoms with Crippen LogP contribution in [-0.2, 0) is 0 Å². The van der Waals surface area contributed by atoms with Gasteiger partial charge in [-0.15, -0.1) is 0 Å². The number of fused-ring (bicyclic) bond motifs is 1. The molecule has 0 aliphatic carbocycles. The van der Waals surface area contributed by atoms with Crippen molar-refractivity contribution >= 4 is 29.4 Å². The van der Waals surface area contributed by atoms with Crippen molar-refractivity contribution in [3.05, 3.63) is 63.7 Å². The Hall–Kier alpha value is -2.33. The van der Waals surface area contributed by atoms with Crippen molar-refractivity contribution < 1.29 is 4.79 Å². The Morgan fingerprint density at radius 2 is 2.11 bits per heavy atom. The van der Waals surface area contributed by atoms with Crippen LogP contribution in [0.25, 0.3) is 0 Å². The van der Waals surface area contributed by atoms with Crippen LogP contribution in [0.4, 0.5) is 5.69 Å². The molecule has 0 radical (unpaired) electrons. The molecule has 3 rings (SSSR count). The van der Waals surface area contributed by atoms with Gasteiger partial charge in [0.25, 0.3) is 5.91 Å². The van der Waals surface area contributed by atoms with E-state index in [2.05, 4.69) is 62.2 Å². The average Bonchev–Trinajstić information content (AvgIpc) is 2.62. The molecule has 0 saturated heterocycles. The van der Waals surface area contributed by atoms with Crippen molar-refractivity contribution in [2.24, 2.45) is 5.10 Å². The monoisotopic (exact) mass is 397 g/mol. The molecule has 28 heavy (non-hydrogen) atoms. The van der Waals surface area contributed by atoms with Crippen LogP contribution in [0.15, 0.2) is 41.5 Å². The van der Waals surface area contributed by atoms with Gasteiger partial charge in [0.15, 0.2) is 0 Å². The molecule has 5 heteroatoms. The molecule has 2 aromatic rings. The zero-order valence-corrected chi connectivity index (χ0v) is 18.0. The molecule has 1 N–H and O–H groups in total. The summed E-state index contributed by atoms with van der Waals surface area (Å²) in [4.78, 5) is 14.7. The van der Waals surface area contributed by atoms with Crippen LogP contribution >= 0.6 is 11.6 Å². The van der Waals surface area contributed by atoms with Crippen LogP contribution in [0.2, 0.25) is 5.02 Å². The minimum atomic E-state index is -0.276. The lowest BCUT2D eigenvalue weighted by molar-refractivity contribution is 0.0955. The normalized spacial score (nSPS) is 18.2. The minimum Gasteiger partial charge on any atom is -0.366 e. The Bertz CT molecular complexity index is 920. The third-order valence-electron chi connectivity index (χ3n) is 5.55. The molecule has 1 aliphatic rings. The summed E-state index contributed by atoms with van der Waals surface area (Å²) < 4.78 is 0. The fraction of sp³-hybridized carbons (Fsp3) is 0.391. The van der Waals surface area contributed by atoms with Crippen molar-refractivity contribution in [2.75, 3.05) is 11.4 Å². The summed E-state index contributed by atoms with van der Waals surface area (Å²) in [5.41, 5.74) is 8.04. The van der Waals surface area contributed by atoms with Crippen LogP contribution in [0.3, 0.4) is 0 Å². The Kier molecular flexibility index (Phi) is 5.80. The highest BCUT2D eigenvalue weighted by Gasteiger charge is 2.35. The second kappa shape index (κ2) is 7.96. The first-order valence-electron chi connectivity index (χ1n) is 9.74. The number of hydrazone groups is 1. The first kappa shape index (κ1) is 20.4. The average molecular weight is 398 g/mol.